The zero-order valence-corrected chi connectivity index (χ0v) is 24.4. The molecule has 8 nitrogen and oxygen atoms in total. The van der Waals surface area contributed by atoms with Gasteiger partial charge in [-0.15, -0.1) is 0 Å². The zero-order chi connectivity index (χ0) is 26.0. The van der Waals surface area contributed by atoms with E-state index < -0.39 is 27.7 Å². The molecule has 0 N–H and O–H groups in total. The van der Waals surface area contributed by atoms with E-state index in [1.54, 1.807) is 42.7 Å². The molecule has 188 valence electrons. The van der Waals surface area contributed by atoms with Crippen molar-refractivity contribution < 1.29 is 38.3 Å². The summed E-state index contributed by atoms with van der Waals surface area (Å²) in [6.45, 7) is 0.972. The van der Waals surface area contributed by atoms with Gasteiger partial charge in [-0.25, -0.2) is 0 Å². The molecular formula is C26H30BiO8-. The van der Waals surface area contributed by atoms with Crippen molar-refractivity contribution in [1.82, 2.24) is 0 Å². The third kappa shape index (κ3) is 7.15. The molecule has 0 aromatic heterocycles. The van der Waals surface area contributed by atoms with Crippen LogP contribution in [-0.2, 0) is 4.79 Å². The molecule has 3 aromatic carbocycles. The predicted molar refractivity (Wildman–Crippen MR) is 134 cm³/mol. The topological polar surface area (TPSA) is 95.5 Å². The molecule has 0 unspecified atom stereocenters. The van der Waals surface area contributed by atoms with Gasteiger partial charge in [0.05, 0.1) is 0 Å². The van der Waals surface area contributed by atoms with Crippen molar-refractivity contribution in [3.63, 3.8) is 0 Å². The Morgan fingerprint density at radius 3 is 0.971 bits per heavy atom. The average molecular weight is 679 g/mol. The summed E-state index contributed by atoms with van der Waals surface area (Å²) in [5, 5.41) is 8.89. The molecule has 0 saturated heterocycles. The summed E-state index contributed by atoms with van der Waals surface area (Å²) in [5.74, 6) is 3.15. The molecule has 9 heteroatoms. The summed E-state index contributed by atoms with van der Waals surface area (Å²) in [5.41, 5.74) is 0. The minimum atomic E-state index is -2.78. The molecular weight excluding hydrogens is 649 g/mol. The van der Waals surface area contributed by atoms with Crippen LogP contribution in [0.3, 0.4) is 0 Å². The zero-order valence-electron chi connectivity index (χ0n) is 20.9. The Kier molecular flexibility index (Phi) is 10.9. The predicted octanol–water partition coefficient (Wildman–Crippen LogP) is 1.01. The van der Waals surface area contributed by atoms with Crippen molar-refractivity contribution in [3.8, 4) is 34.5 Å². The van der Waals surface area contributed by atoms with E-state index in [0.717, 1.165) is 6.92 Å². The quantitative estimate of drug-likeness (QED) is 0.310. The van der Waals surface area contributed by atoms with Gasteiger partial charge >= 0.3 is 192 Å². The first-order chi connectivity index (χ1) is 16.8. The number of carboxylic acid groups (broad SMARTS) is 1. The summed E-state index contributed by atoms with van der Waals surface area (Å²) >= 11 is -2.78. The Bertz CT molecular complexity index is 996. The summed E-state index contributed by atoms with van der Waals surface area (Å²) in [4.78, 5) is 8.89. The van der Waals surface area contributed by atoms with Crippen LogP contribution in [0.15, 0.2) is 54.6 Å². The summed E-state index contributed by atoms with van der Waals surface area (Å²) in [6.07, 6.45) is 0. The molecule has 0 saturated carbocycles. The molecule has 0 aliphatic rings. The molecule has 0 bridgehead atoms. The molecule has 0 aliphatic carbocycles. The van der Waals surface area contributed by atoms with Crippen LogP contribution >= 0.6 is 0 Å². The van der Waals surface area contributed by atoms with Gasteiger partial charge in [0.2, 0.25) is 0 Å². The van der Waals surface area contributed by atoms with Gasteiger partial charge in [-0.3, -0.25) is 0 Å². The van der Waals surface area contributed by atoms with Crippen molar-refractivity contribution in [3.05, 3.63) is 54.6 Å². The first-order valence-electron chi connectivity index (χ1n) is 10.5. The van der Waals surface area contributed by atoms with Gasteiger partial charge in [0.25, 0.3) is 0 Å². The van der Waals surface area contributed by atoms with E-state index in [1.807, 2.05) is 18.2 Å². The fourth-order valence-electron chi connectivity index (χ4n) is 3.34. The Morgan fingerprint density at radius 2 is 0.771 bits per heavy atom. The Balaban J connectivity index is 0.00000100. The van der Waals surface area contributed by atoms with Crippen LogP contribution in [0.2, 0.25) is 0 Å². The molecule has 0 amide bonds. The molecule has 3 aromatic rings. The standard InChI is InChI=1S/3C8H9O2.C2H4O2.Bi/c3*1-9-7-5-3-4-6-8(7)10-2;1-2(3)4;/h3*3,5-6H,1-2H3;1H3,(H,3,4);/p-1. The first-order valence-corrected chi connectivity index (χ1v) is 15.7. The van der Waals surface area contributed by atoms with Crippen molar-refractivity contribution in [2.24, 2.45) is 0 Å². The molecule has 0 heterocycles. The van der Waals surface area contributed by atoms with Gasteiger partial charge in [-0.05, 0) is 6.92 Å². The van der Waals surface area contributed by atoms with Gasteiger partial charge in [-0.2, -0.15) is 0 Å². The Morgan fingerprint density at radius 1 is 0.543 bits per heavy atom. The Hall–Kier alpha value is -3.19. The fraction of sp³-hybridized carbons (Fsp3) is 0.269. The molecule has 0 spiro atoms. The van der Waals surface area contributed by atoms with E-state index in [4.69, 9.17) is 38.3 Å². The van der Waals surface area contributed by atoms with Gasteiger partial charge in [0, 0.05) is 5.97 Å². The van der Waals surface area contributed by atoms with E-state index in [1.165, 1.54) is 9.81 Å². The number of carbonyl (C=O) groups is 1. The van der Waals surface area contributed by atoms with Crippen LogP contribution in [0.1, 0.15) is 6.92 Å². The fourth-order valence-corrected chi connectivity index (χ4v) is 12.3. The Labute approximate surface area is 214 Å². The number of aliphatic carboxylic acids is 1. The van der Waals surface area contributed by atoms with E-state index in [0.29, 0.717) is 34.5 Å². The van der Waals surface area contributed by atoms with Gasteiger partial charge in [0.15, 0.2) is 0 Å². The van der Waals surface area contributed by atoms with Crippen LogP contribution in [0.5, 0.6) is 34.5 Å². The third-order valence-corrected chi connectivity index (χ3v) is 14.1. The number of rotatable bonds is 9. The van der Waals surface area contributed by atoms with Gasteiger partial charge in [0.1, 0.15) is 0 Å². The van der Waals surface area contributed by atoms with Crippen molar-refractivity contribution >= 4 is 37.5 Å². The number of benzene rings is 3. The van der Waals surface area contributed by atoms with Crippen LogP contribution in [0.25, 0.3) is 0 Å². The average Bonchev–Trinajstić information content (AvgIpc) is 2.88. The van der Waals surface area contributed by atoms with E-state index in [-0.39, 0.29) is 0 Å². The molecule has 0 atom stereocenters. The van der Waals surface area contributed by atoms with Crippen molar-refractivity contribution in [1.29, 1.82) is 0 Å². The summed E-state index contributed by atoms with van der Waals surface area (Å²) < 4.78 is 36.7. The van der Waals surface area contributed by atoms with Crippen LogP contribution in [-0.4, -0.2) is 70.4 Å². The second-order valence-corrected chi connectivity index (χ2v) is 15.6. The first kappa shape index (κ1) is 28.1. The normalized spacial score (nSPS) is 10.1. The SMILES string of the molecule is CC(=O)[O-].COc1cc[c]([Bi]([c]2ccc(OC)c(OC)c2)[c]2ccc(OC)c(OC)c2)cc1OC. The maximum absolute atomic E-state index is 8.89. The molecule has 0 radical (unpaired) electrons. The number of carbonyl (C=O) groups excluding carboxylic acids is 1. The van der Waals surface area contributed by atoms with E-state index in [2.05, 4.69) is 36.4 Å². The molecule has 0 fully saturated rings. The second kappa shape index (κ2) is 13.6. The number of carboxylic acids is 1. The second-order valence-electron chi connectivity index (χ2n) is 6.94. The van der Waals surface area contributed by atoms with E-state index >= 15 is 0 Å². The van der Waals surface area contributed by atoms with Crippen LogP contribution in [0, 0.1) is 0 Å². The maximum atomic E-state index is 8.89. The number of methoxy groups -OCH3 is 6. The molecule has 35 heavy (non-hydrogen) atoms. The van der Waals surface area contributed by atoms with Gasteiger partial charge < -0.3 is 9.90 Å². The monoisotopic (exact) mass is 679 g/mol. The van der Waals surface area contributed by atoms with E-state index in [9.17, 15) is 0 Å². The van der Waals surface area contributed by atoms with Crippen molar-refractivity contribution in [2.75, 3.05) is 42.7 Å². The summed E-state index contributed by atoms with van der Waals surface area (Å²) in [7, 11) is 9.87. The molecule has 3 rings (SSSR count). The van der Waals surface area contributed by atoms with Gasteiger partial charge in [-0.1, -0.05) is 0 Å². The molecule has 0 aliphatic heterocycles. The number of hydrogen-bond acceptors (Lipinski definition) is 8. The number of ether oxygens (including phenoxy) is 6. The summed E-state index contributed by atoms with van der Waals surface area (Å²) in [6, 6.07) is 18.4. The van der Waals surface area contributed by atoms with Crippen LogP contribution < -0.4 is 43.3 Å². The van der Waals surface area contributed by atoms with Crippen LogP contribution in [0.4, 0.5) is 0 Å². The number of hydrogen-bond donors (Lipinski definition) is 0. The minimum absolute atomic E-state index is 0.704. The third-order valence-electron chi connectivity index (χ3n) is 4.88. The van der Waals surface area contributed by atoms with Crippen molar-refractivity contribution in [2.45, 2.75) is 6.92 Å².